The number of hydrogen-bond donors (Lipinski definition) is 5. The van der Waals surface area contributed by atoms with Gasteiger partial charge in [0.05, 0.1) is 12.0 Å². The number of ether oxygens (including phenoxy) is 1. The number of carboxylic acids is 2. The van der Waals surface area contributed by atoms with E-state index < -0.39 is 36.3 Å². The number of nitrogens with one attached hydrogen (secondary N) is 2. The molecule has 10 heteroatoms. The standard InChI is InChI=1S/C23H23N3O7/c24-20(25)14-6-8-18-13(10-14)4-2-1-3-12-9-15(5-7-16(12)23(32)33-18)21(29)26-17(22(30)31)11-19(27)28/h5-10,17H,1-4,11H2,(H3,24,25)(H,26,29)(H,27,28)(H,30,31)/t17-/m0/s1. The van der Waals surface area contributed by atoms with E-state index in [2.05, 4.69) is 5.32 Å². The zero-order chi connectivity index (χ0) is 24.1. The number of esters is 1. The fourth-order valence-electron chi connectivity index (χ4n) is 3.58. The van der Waals surface area contributed by atoms with Gasteiger partial charge in [-0.1, -0.05) is 0 Å². The second kappa shape index (κ2) is 9.94. The van der Waals surface area contributed by atoms with Gasteiger partial charge in [-0.2, -0.15) is 0 Å². The van der Waals surface area contributed by atoms with Crippen LogP contribution in [-0.2, 0) is 22.4 Å². The molecule has 1 atom stereocenters. The average Bonchev–Trinajstić information content (AvgIpc) is 2.76. The Hall–Kier alpha value is -4.21. The van der Waals surface area contributed by atoms with Crippen molar-refractivity contribution in [2.75, 3.05) is 0 Å². The molecule has 0 aliphatic carbocycles. The monoisotopic (exact) mass is 453 g/mol. The predicted molar refractivity (Wildman–Crippen MR) is 117 cm³/mol. The molecule has 172 valence electrons. The Kier molecular flexibility index (Phi) is 7.07. The number of nitrogens with two attached hydrogens (primary N) is 1. The van der Waals surface area contributed by atoms with E-state index in [1.165, 1.54) is 18.2 Å². The number of benzene rings is 2. The van der Waals surface area contributed by atoms with E-state index in [0.29, 0.717) is 36.1 Å². The van der Waals surface area contributed by atoms with E-state index in [4.69, 9.17) is 26.1 Å². The minimum Gasteiger partial charge on any atom is -0.481 e. The molecular formula is C23H23N3O7. The Morgan fingerprint density at radius 2 is 1.67 bits per heavy atom. The largest absolute Gasteiger partial charge is 0.481 e. The highest BCUT2D eigenvalue weighted by molar-refractivity contribution is 6.00. The summed E-state index contributed by atoms with van der Waals surface area (Å²) in [4.78, 5) is 47.4. The van der Waals surface area contributed by atoms with Crippen LogP contribution in [0.2, 0.25) is 0 Å². The van der Waals surface area contributed by atoms with Crippen LogP contribution in [0.1, 0.15) is 56.7 Å². The van der Waals surface area contributed by atoms with Gasteiger partial charge in [-0.05, 0) is 73.2 Å². The first-order chi connectivity index (χ1) is 15.7. The summed E-state index contributed by atoms with van der Waals surface area (Å²) in [7, 11) is 0. The summed E-state index contributed by atoms with van der Waals surface area (Å²) in [6.07, 6.45) is 1.77. The predicted octanol–water partition coefficient (Wildman–Crippen LogP) is 1.73. The van der Waals surface area contributed by atoms with Crippen LogP contribution in [0.15, 0.2) is 36.4 Å². The molecule has 6 N–H and O–H groups in total. The maximum atomic E-state index is 12.8. The molecule has 10 nitrogen and oxygen atoms in total. The van der Waals surface area contributed by atoms with Crippen molar-refractivity contribution in [3.05, 3.63) is 64.2 Å². The first-order valence-electron chi connectivity index (χ1n) is 10.2. The fourth-order valence-corrected chi connectivity index (χ4v) is 3.58. The first kappa shape index (κ1) is 23.5. The third-order valence-electron chi connectivity index (χ3n) is 5.29. The highest BCUT2D eigenvalue weighted by Gasteiger charge is 2.25. The molecule has 1 aliphatic heterocycles. The van der Waals surface area contributed by atoms with Gasteiger partial charge in [0.1, 0.15) is 17.6 Å². The molecular weight excluding hydrogens is 430 g/mol. The Morgan fingerprint density at radius 1 is 1.03 bits per heavy atom. The number of aliphatic carboxylic acids is 2. The zero-order valence-electron chi connectivity index (χ0n) is 17.6. The number of nitrogen functional groups attached to an aromatic ring is 1. The van der Waals surface area contributed by atoms with Crippen LogP contribution in [-0.4, -0.2) is 45.9 Å². The second-order valence-corrected chi connectivity index (χ2v) is 7.67. The number of carbonyl (C=O) groups is 4. The molecule has 0 saturated heterocycles. The molecule has 0 saturated carbocycles. The van der Waals surface area contributed by atoms with E-state index in [1.54, 1.807) is 18.2 Å². The highest BCUT2D eigenvalue weighted by atomic mass is 16.5. The third kappa shape index (κ3) is 5.73. The van der Waals surface area contributed by atoms with Crippen molar-refractivity contribution in [3.63, 3.8) is 0 Å². The van der Waals surface area contributed by atoms with Gasteiger partial charge >= 0.3 is 17.9 Å². The SMILES string of the molecule is N=C(N)c1ccc2c(c1)CCCCc1cc(C(=O)N[C@@H](CC(=O)O)C(=O)O)ccc1C(=O)O2. The lowest BCUT2D eigenvalue weighted by Gasteiger charge is -2.17. The Labute approximate surface area is 188 Å². The van der Waals surface area contributed by atoms with Crippen LogP contribution in [0, 0.1) is 5.41 Å². The van der Waals surface area contributed by atoms with Crippen LogP contribution in [0.5, 0.6) is 5.75 Å². The number of aryl methyl sites for hydroxylation is 2. The lowest BCUT2D eigenvalue weighted by molar-refractivity contribution is -0.145. The lowest BCUT2D eigenvalue weighted by Crippen LogP contribution is -2.42. The van der Waals surface area contributed by atoms with Gasteiger partial charge in [0.15, 0.2) is 0 Å². The van der Waals surface area contributed by atoms with Crippen molar-refractivity contribution in [2.24, 2.45) is 5.73 Å². The topological polar surface area (TPSA) is 180 Å². The lowest BCUT2D eigenvalue weighted by atomic mass is 9.95. The number of hydrogen-bond acceptors (Lipinski definition) is 6. The van der Waals surface area contributed by atoms with Gasteiger partial charge in [-0.3, -0.25) is 15.0 Å². The van der Waals surface area contributed by atoms with Gasteiger partial charge < -0.3 is 26.0 Å². The van der Waals surface area contributed by atoms with E-state index >= 15 is 0 Å². The van der Waals surface area contributed by atoms with Crippen molar-refractivity contribution in [1.82, 2.24) is 5.32 Å². The summed E-state index contributed by atoms with van der Waals surface area (Å²) in [5.74, 6) is -3.88. The van der Waals surface area contributed by atoms with E-state index in [1.807, 2.05) is 0 Å². The summed E-state index contributed by atoms with van der Waals surface area (Å²) < 4.78 is 5.58. The van der Waals surface area contributed by atoms with Gasteiger partial charge in [0.25, 0.3) is 5.91 Å². The number of fused-ring (bicyclic) bond motifs is 2. The summed E-state index contributed by atoms with van der Waals surface area (Å²) in [5, 5.41) is 27.8. The maximum absolute atomic E-state index is 12.8. The molecule has 3 rings (SSSR count). The fraction of sp³-hybridized carbons (Fsp3) is 0.261. The Bertz CT molecular complexity index is 1140. The number of carboxylic acid groups (broad SMARTS) is 2. The molecule has 0 bridgehead atoms. The van der Waals surface area contributed by atoms with Crippen molar-refractivity contribution in [3.8, 4) is 5.75 Å². The number of carbonyl (C=O) groups excluding carboxylic acids is 2. The molecule has 0 spiro atoms. The van der Waals surface area contributed by atoms with Crippen LogP contribution < -0.4 is 15.8 Å². The molecule has 0 radical (unpaired) electrons. The van der Waals surface area contributed by atoms with Crippen LogP contribution in [0.4, 0.5) is 0 Å². The molecule has 2 aromatic carbocycles. The van der Waals surface area contributed by atoms with Crippen molar-refractivity contribution < 1.29 is 34.1 Å². The number of amidine groups is 1. The molecule has 0 aromatic heterocycles. The van der Waals surface area contributed by atoms with Gasteiger partial charge in [0, 0.05) is 11.1 Å². The molecule has 1 heterocycles. The minimum atomic E-state index is -1.58. The molecule has 33 heavy (non-hydrogen) atoms. The number of amides is 1. The van der Waals surface area contributed by atoms with E-state index in [-0.39, 0.29) is 17.0 Å². The molecule has 0 fully saturated rings. The average molecular weight is 453 g/mol. The Morgan fingerprint density at radius 3 is 2.30 bits per heavy atom. The second-order valence-electron chi connectivity index (χ2n) is 7.67. The summed E-state index contributed by atoms with van der Waals surface area (Å²) >= 11 is 0. The first-order valence-corrected chi connectivity index (χ1v) is 10.2. The number of rotatable bonds is 6. The zero-order valence-corrected chi connectivity index (χ0v) is 17.6. The van der Waals surface area contributed by atoms with Gasteiger partial charge in [-0.15, -0.1) is 0 Å². The van der Waals surface area contributed by atoms with E-state index in [0.717, 1.165) is 12.0 Å². The van der Waals surface area contributed by atoms with Crippen LogP contribution in [0.25, 0.3) is 0 Å². The maximum Gasteiger partial charge on any atom is 0.343 e. The summed E-state index contributed by atoms with van der Waals surface area (Å²) in [6, 6.07) is 7.64. The van der Waals surface area contributed by atoms with Gasteiger partial charge in [-0.25, -0.2) is 9.59 Å². The quantitative estimate of drug-likeness (QED) is 0.190. The van der Waals surface area contributed by atoms with E-state index in [9.17, 15) is 19.2 Å². The Balaban J connectivity index is 1.86. The molecule has 2 aromatic rings. The van der Waals surface area contributed by atoms with Crippen LogP contribution in [0.3, 0.4) is 0 Å². The molecule has 1 amide bonds. The van der Waals surface area contributed by atoms with Crippen LogP contribution >= 0.6 is 0 Å². The van der Waals surface area contributed by atoms with Crippen molar-refractivity contribution >= 4 is 29.7 Å². The minimum absolute atomic E-state index is 0.0779. The normalized spacial score (nSPS) is 14.1. The van der Waals surface area contributed by atoms with Crippen molar-refractivity contribution in [1.29, 1.82) is 5.41 Å². The highest BCUT2D eigenvalue weighted by Crippen LogP contribution is 2.27. The third-order valence-corrected chi connectivity index (χ3v) is 5.29. The van der Waals surface area contributed by atoms with Crippen molar-refractivity contribution in [2.45, 2.75) is 38.1 Å². The summed E-state index contributed by atoms with van der Waals surface area (Å²) in [5.41, 5.74) is 7.82. The molecule has 0 unspecified atom stereocenters. The summed E-state index contributed by atoms with van der Waals surface area (Å²) in [6.45, 7) is 0. The molecule has 1 aliphatic rings. The van der Waals surface area contributed by atoms with Gasteiger partial charge in [0.2, 0.25) is 0 Å². The smallest absolute Gasteiger partial charge is 0.343 e.